The Bertz CT molecular complexity index is 962. The molecule has 2 heterocycles. The van der Waals surface area contributed by atoms with Crippen LogP contribution >= 0.6 is 0 Å². The summed E-state index contributed by atoms with van der Waals surface area (Å²) in [7, 11) is 0. The number of hydrogen-bond donors (Lipinski definition) is 4. The highest BCUT2D eigenvalue weighted by Crippen LogP contribution is 2.26. The summed E-state index contributed by atoms with van der Waals surface area (Å²) in [6.45, 7) is 0. The van der Waals surface area contributed by atoms with Crippen LogP contribution in [-0.2, 0) is 0 Å². The van der Waals surface area contributed by atoms with Gasteiger partial charge in [0.15, 0.2) is 5.65 Å². The minimum absolute atomic E-state index is 0.227. The molecule has 0 atom stereocenters. The molecule has 4 rings (SSSR count). The first-order valence-corrected chi connectivity index (χ1v) is 9.05. The number of carboxylic acid groups (broad SMARTS) is 1. The van der Waals surface area contributed by atoms with Crippen LogP contribution in [0, 0.1) is 0 Å². The van der Waals surface area contributed by atoms with Crippen LogP contribution in [0.25, 0.3) is 5.65 Å². The van der Waals surface area contributed by atoms with Gasteiger partial charge < -0.3 is 21.5 Å². The number of fused-ring (bicyclic) bond motifs is 1. The number of aromatic carboxylic acids is 1. The van der Waals surface area contributed by atoms with Crippen molar-refractivity contribution in [2.45, 2.75) is 37.8 Å². The van der Waals surface area contributed by atoms with Gasteiger partial charge in [-0.2, -0.15) is 0 Å². The molecule has 5 N–H and O–H groups in total. The molecule has 8 heteroatoms. The molecule has 0 unspecified atom stereocenters. The molecule has 0 radical (unpaired) electrons. The summed E-state index contributed by atoms with van der Waals surface area (Å²) in [5, 5.41) is 20.5. The van der Waals surface area contributed by atoms with Gasteiger partial charge in [0, 0.05) is 36.2 Å². The predicted octanol–water partition coefficient (Wildman–Crippen LogP) is 2.85. The first kappa shape index (κ1) is 17.3. The van der Waals surface area contributed by atoms with Crippen molar-refractivity contribution in [3.05, 3.63) is 48.3 Å². The van der Waals surface area contributed by atoms with Gasteiger partial charge in [0.1, 0.15) is 5.82 Å². The van der Waals surface area contributed by atoms with Crippen LogP contribution in [-0.4, -0.2) is 37.8 Å². The maximum absolute atomic E-state index is 11.2. The molecule has 1 aromatic carbocycles. The average molecular weight is 366 g/mol. The number of benzene rings is 1. The number of aromatic nitrogens is 3. The molecule has 0 spiro atoms. The Balaban J connectivity index is 1.61. The van der Waals surface area contributed by atoms with Crippen LogP contribution in [0.3, 0.4) is 0 Å². The summed E-state index contributed by atoms with van der Waals surface area (Å²) in [6, 6.07) is 9.24. The second kappa shape index (κ2) is 7.24. The Hall–Kier alpha value is -3.13. The maximum Gasteiger partial charge on any atom is 0.335 e. The topological polar surface area (TPSA) is 118 Å². The zero-order valence-corrected chi connectivity index (χ0v) is 14.8. The Kier molecular flexibility index (Phi) is 4.64. The highest BCUT2D eigenvalue weighted by molar-refractivity contribution is 5.89. The van der Waals surface area contributed by atoms with Gasteiger partial charge in [-0.3, -0.25) is 0 Å². The van der Waals surface area contributed by atoms with Crippen molar-refractivity contribution in [3.8, 4) is 0 Å². The van der Waals surface area contributed by atoms with E-state index >= 15 is 0 Å². The molecule has 1 fully saturated rings. The van der Waals surface area contributed by atoms with E-state index < -0.39 is 5.97 Å². The molecule has 1 aliphatic rings. The largest absolute Gasteiger partial charge is 0.478 e. The van der Waals surface area contributed by atoms with Crippen LogP contribution < -0.4 is 16.4 Å². The number of rotatable bonds is 5. The fraction of sp³-hybridized carbons (Fsp3) is 0.316. The van der Waals surface area contributed by atoms with Crippen molar-refractivity contribution in [3.63, 3.8) is 0 Å². The first-order chi connectivity index (χ1) is 13.1. The predicted molar refractivity (Wildman–Crippen MR) is 104 cm³/mol. The Morgan fingerprint density at radius 2 is 2.04 bits per heavy atom. The summed E-state index contributed by atoms with van der Waals surface area (Å²) < 4.78 is 1.71. The molecule has 1 saturated carbocycles. The van der Waals surface area contributed by atoms with E-state index in [9.17, 15) is 9.90 Å². The van der Waals surface area contributed by atoms with Crippen molar-refractivity contribution < 1.29 is 9.90 Å². The molecule has 0 aliphatic heterocycles. The van der Waals surface area contributed by atoms with Crippen molar-refractivity contribution >= 4 is 28.8 Å². The lowest BCUT2D eigenvalue weighted by molar-refractivity contribution is 0.0697. The van der Waals surface area contributed by atoms with Crippen LogP contribution in [0.15, 0.2) is 42.7 Å². The van der Waals surface area contributed by atoms with E-state index in [1.54, 1.807) is 35.1 Å². The van der Waals surface area contributed by atoms with Crippen molar-refractivity contribution in [2.24, 2.45) is 5.73 Å². The fourth-order valence-electron chi connectivity index (χ4n) is 3.44. The minimum atomic E-state index is -0.961. The Morgan fingerprint density at radius 3 is 2.81 bits per heavy atom. The van der Waals surface area contributed by atoms with E-state index in [1.165, 1.54) is 0 Å². The van der Waals surface area contributed by atoms with Gasteiger partial charge >= 0.3 is 5.97 Å². The van der Waals surface area contributed by atoms with E-state index in [4.69, 9.17) is 5.73 Å². The number of anilines is 3. The SMILES string of the molecule is N[C@H]1CC[C@H](Nc2cc(Nc3cccc(C(=O)O)c3)c3nccn3n2)CC1. The van der Waals surface area contributed by atoms with Gasteiger partial charge in [-0.15, -0.1) is 5.10 Å². The van der Waals surface area contributed by atoms with Crippen molar-refractivity contribution in [1.29, 1.82) is 0 Å². The maximum atomic E-state index is 11.2. The third-order valence-corrected chi connectivity index (χ3v) is 4.87. The smallest absolute Gasteiger partial charge is 0.335 e. The second-order valence-corrected chi connectivity index (χ2v) is 6.91. The molecule has 2 aromatic heterocycles. The molecule has 0 bridgehead atoms. The van der Waals surface area contributed by atoms with Crippen LogP contribution in [0.2, 0.25) is 0 Å². The molecule has 3 aromatic rings. The van der Waals surface area contributed by atoms with Gasteiger partial charge in [0.2, 0.25) is 0 Å². The number of imidazole rings is 1. The molecule has 140 valence electrons. The van der Waals surface area contributed by atoms with Crippen molar-refractivity contribution in [2.75, 3.05) is 10.6 Å². The summed E-state index contributed by atoms with van der Waals surface area (Å²) in [5.41, 5.74) is 8.33. The third kappa shape index (κ3) is 3.85. The minimum Gasteiger partial charge on any atom is -0.478 e. The quantitative estimate of drug-likeness (QED) is 0.548. The molecule has 27 heavy (non-hydrogen) atoms. The van der Waals surface area contributed by atoms with E-state index in [1.807, 2.05) is 12.1 Å². The lowest BCUT2D eigenvalue weighted by Gasteiger charge is -2.27. The number of carboxylic acids is 1. The van der Waals surface area contributed by atoms with Gasteiger partial charge in [-0.05, 0) is 43.9 Å². The normalized spacial score (nSPS) is 19.7. The standard InChI is InChI=1S/C19H22N6O2/c20-13-4-6-14(7-5-13)23-17-11-16(18-21-8-9-25(18)24-17)22-15-3-1-2-12(10-15)19(26)27/h1-3,8-11,13-14,22H,4-7,20H2,(H,23,24)(H,26,27)/t13-,14-. The van der Waals surface area contributed by atoms with Crippen molar-refractivity contribution in [1.82, 2.24) is 14.6 Å². The summed E-state index contributed by atoms with van der Waals surface area (Å²) in [5.74, 6) is -0.213. The zero-order valence-electron chi connectivity index (χ0n) is 14.8. The number of carbonyl (C=O) groups is 1. The average Bonchev–Trinajstić information content (AvgIpc) is 3.13. The van der Waals surface area contributed by atoms with Crippen LogP contribution in [0.4, 0.5) is 17.2 Å². The first-order valence-electron chi connectivity index (χ1n) is 9.05. The molecule has 0 amide bonds. The molecule has 8 nitrogen and oxygen atoms in total. The fourth-order valence-corrected chi connectivity index (χ4v) is 3.44. The summed E-state index contributed by atoms with van der Waals surface area (Å²) in [6.07, 6.45) is 7.54. The third-order valence-electron chi connectivity index (χ3n) is 4.87. The van der Waals surface area contributed by atoms with Crippen LogP contribution in [0.1, 0.15) is 36.0 Å². The van der Waals surface area contributed by atoms with E-state index in [0.29, 0.717) is 23.4 Å². The number of nitrogens with one attached hydrogen (secondary N) is 2. The lowest BCUT2D eigenvalue weighted by atomic mass is 9.92. The highest BCUT2D eigenvalue weighted by Gasteiger charge is 2.19. The van der Waals surface area contributed by atoms with Gasteiger partial charge in [-0.25, -0.2) is 14.3 Å². The number of hydrogen-bond acceptors (Lipinski definition) is 6. The lowest BCUT2D eigenvalue weighted by Crippen LogP contribution is -2.33. The number of nitrogens with zero attached hydrogens (tertiary/aromatic N) is 3. The van der Waals surface area contributed by atoms with E-state index in [0.717, 1.165) is 37.2 Å². The Morgan fingerprint density at radius 1 is 1.22 bits per heavy atom. The van der Waals surface area contributed by atoms with Gasteiger partial charge in [-0.1, -0.05) is 6.07 Å². The molecule has 1 aliphatic carbocycles. The van der Waals surface area contributed by atoms with Gasteiger partial charge in [0.25, 0.3) is 0 Å². The molecular formula is C19H22N6O2. The zero-order chi connectivity index (χ0) is 18.8. The highest BCUT2D eigenvalue weighted by atomic mass is 16.4. The van der Waals surface area contributed by atoms with Gasteiger partial charge in [0.05, 0.1) is 11.3 Å². The summed E-state index contributed by atoms with van der Waals surface area (Å²) in [4.78, 5) is 15.5. The Labute approximate surface area is 156 Å². The van der Waals surface area contributed by atoms with E-state index in [2.05, 4.69) is 20.7 Å². The monoisotopic (exact) mass is 366 g/mol. The molecular weight excluding hydrogens is 344 g/mol. The second-order valence-electron chi connectivity index (χ2n) is 6.91. The van der Waals surface area contributed by atoms with Crippen LogP contribution in [0.5, 0.6) is 0 Å². The number of nitrogens with two attached hydrogens (primary N) is 1. The molecule has 0 saturated heterocycles. The van der Waals surface area contributed by atoms with E-state index in [-0.39, 0.29) is 5.56 Å². The summed E-state index contributed by atoms with van der Waals surface area (Å²) >= 11 is 0.